The highest BCUT2D eigenvalue weighted by molar-refractivity contribution is 5.48. The molecule has 3 nitrogen and oxygen atoms in total. The molecule has 0 aromatic rings. The van der Waals surface area contributed by atoms with E-state index in [1.165, 1.54) is 64.2 Å². The molecule has 0 rings (SSSR count). The predicted molar refractivity (Wildman–Crippen MR) is 99.8 cm³/mol. The summed E-state index contributed by atoms with van der Waals surface area (Å²) in [5.74, 6) is 0. The molecular formula is C20H41NO2. The summed E-state index contributed by atoms with van der Waals surface area (Å²) in [6, 6.07) is 0. The molecule has 23 heavy (non-hydrogen) atoms. The molecule has 138 valence electrons. The number of nitrogens with zero attached hydrogens (tertiary/aromatic N) is 1. The van der Waals surface area contributed by atoms with Gasteiger partial charge >= 0.3 is 0 Å². The van der Waals surface area contributed by atoms with Crippen molar-refractivity contribution in [1.82, 2.24) is 4.90 Å². The van der Waals surface area contributed by atoms with Crippen LogP contribution in [0.5, 0.6) is 0 Å². The average molecular weight is 328 g/mol. The minimum atomic E-state index is 0.209. The van der Waals surface area contributed by atoms with Crippen molar-refractivity contribution in [2.75, 3.05) is 20.7 Å². The standard InChI is InChI=1S/C20H41NO2/c1-4-5-6-7-8-9-10-11-12-16-19-23-20(21(2)3)17-14-13-15-18-22/h18,20H,4-17,19H2,1-3H3. The Kier molecular flexibility index (Phi) is 17.6. The van der Waals surface area contributed by atoms with E-state index >= 15 is 0 Å². The van der Waals surface area contributed by atoms with Crippen molar-refractivity contribution in [1.29, 1.82) is 0 Å². The molecular weight excluding hydrogens is 286 g/mol. The van der Waals surface area contributed by atoms with Crippen LogP contribution < -0.4 is 0 Å². The lowest BCUT2D eigenvalue weighted by atomic mass is 10.1. The normalized spacial score (nSPS) is 12.7. The van der Waals surface area contributed by atoms with Crippen molar-refractivity contribution < 1.29 is 9.53 Å². The van der Waals surface area contributed by atoms with E-state index in [9.17, 15) is 4.79 Å². The Hall–Kier alpha value is -0.410. The summed E-state index contributed by atoms with van der Waals surface area (Å²) < 4.78 is 5.99. The molecule has 0 aromatic carbocycles. The minimum absolute atomic E-state index is 0.209. The smallest absolute Gasteiger partial charge is 0.119 e. The fraction of sp³-hybridized carbons (Fsp3) is 0.950. The summed E-state index contributed by atoms with van der Waals surface area (Å²) in [4.78, 5) is 12.5. The first-order chi connectivity index (χ1) is 11.2. The van der Waals surface area contributed by atoms with Gasteiger partial charge in [0.1, 0.15) is 12.5 Å². The van der Waals surface area contributed by atoms with E-state index < -0.39 is 0 Å². The third-order valence-corrected chi connectivity index (χ3v) is 4.41. The monoisotopic (exact) mass is 327 g/mol. The number of ether oxygens (including phenoxy) is 1. The van der Waals surface area contributed by atoms with Gasteiger partial charge in [-0.05, 0) is 39.8 Å². The van der Waals surface area contributed by atoms with Crippen LogP contribution in [0.4, 0.5) is 0 Å². The zero-order valence-corrected chi connectivity index (χ0v) is 16.0. The van der Waals surface area contributed by atoms with E-state index in [-0.39, 0.29) is 6.23 Å². The summed E-state index contributed by atoms with van der Waals surface area (Å²) in [6.07, 6.45) is 18.6. The molecule has 0 amide bonds. The summed E-state index contributed by atoms with van der Waals surface area (Å²) in [5, 5.41) is 0. The molecule has 3 heteroatoms. The Labute approximate surface area is 145 Å². The van der Waals surface area contributed by atoms with Gasteiger partial charge in [0.25, 0.3) is 0 Å². The third kappa shape index (κ3) is 16.2. The largest absolute Gasteiger partial charge is 0.363 e. The highest BCUT2D eigenvalue weighted by atomic mass is 16.5. The zero-order chi connectivity index (χ0) is 17.2. The summed E-state index contributed by atoms with van der Waals surface area (Å²) in [6.45, 7) is 3.14. The van der Waals surface area contributed by atoms with Crippen molar-refractivity contribution in [3.63, 3.8) is 0 Å². The van der Waals surface area contributed by atoms with Crippen LogP contribution in [0.3, 0.4) is 0 Å². The Bertz CT molecular complexity index is 244. The lowest BCUT2D eigenvalue weighted by Gasteiger charge is -2.24. The maximum atomic E-state index is 10.3. The van der Waals surface area contributed by atoms with Gasteiger partial charge in [-0.3, -0.25) is 4.90 Å². The molecule has 1 atom stereocenters. The van der Waals surface area contributed by atoms with Crippen LogP contribution in [0.25, 0.3) is 0 Å². The molecule has 0 spiro atoms. The van der Waals surface area contributed by atoms with Gasteiger partial charge < -0.3 is 9.53 Å². The molecule has 0 heterocycles. The minimum Gasteiger partial charge on any atom is -0.363 e. The molecule has 0 N–H and O–H groups in total. The summed E-state index contributed by atoms with van der Waals surface area (Å²) >= 11 is 0. The van der Waals surface area contributed by atoms with Crippen molar-refractivity contribution >= 4 is 6.29 Å². The van der Waals surface area contributed by atoms with Gasteiger partial charge in [0.15, 0.2) is 0 Å². The Morgan fingerprint density at radius 3 is 1.91 bits per heavy atom. The highest BCUT2D eigenvalue weighted by Gasteiger charge is 2.10. The van der Waals surface area contributed by atoms with Gasteiger partial charge in [-0.1, -0.05) is 64.7 Å². The van der Waals surface area contributed by atoms with E-state index in [2.05, 4.69) is 25.9 Å². The zero-order valence-electron chi connectivity index (χ0n) is 16.0. The summed E-state index contributed by atoms with van der Waals surface area (Å²) in [5.41, 5.74) is 0. The number of rotatable bonds is 18. The number of hydrogen-bond acceptors (Lipinski definition) is 3. The Morgan fingerprint density at radius 1 is 0.826 bits per heavy atom. The van der Waals surface area contributed by atoms with Crippen LogP contribution in [-0.2, 0) is 9.53 Å². The van der Waals surface area contributed by atoms with Gasteiger partial charge in [0.2, 0.25) is 0 Å². The van der Waals surface area contributed by atoms with Crippen LogP contribution in [-0.4, -0.2) is 38.1 Å². The molecule has 0 fully saturated rings. The topological polar surface area (TPSA) is 29.5 Å². The van der Waals surface area contributed by atoms with Crippen molar-refractivity contribution in [2.24, 2.45) is 0 Å². The van der Waals surface area contributed by atoms with Crippen molar-refractivity contribution in [3.05, 3.63) is 0 Å². The van der Waals surface area contributed by atoms with E-state index in [0.29, 0.717) is 6.42 Å². The first kappa shape index (κ1) is 22.6. The number of unbranched alkanes of at least 4 members (excludes halogenated alkanes) is 11. The van der Waals surface area contributed by atoms with Crippen LogP contribution >= 0.6 is 0 Å². The molecule has 0 saturated carbocycles. The molecule has 0 aliphatic carbocycles. The van der Waals surface area contributed by atoms with Gasteiger partial charge in [0.05, 0.1) is 0 Å². The second-order valence-electron chi connectivity index (χ2n) is 6.92. The van der Waals surface area contributed by atoms with Crippen molar-refractivity contribution in [3.8, 4) is 0 Å². The fourth-order valence-electron chi connectivity index (χ4n) is 2.85. The maximum absolute atomic E-state index is 10.3. The lowest BCUT2D eigenvalue weighted by Crippen LogP contribution is -2.31. The predicted octanol–water partition coefficient (Wildman–Crippen LogP) is 5.57. The number of carbonyl (C=O) groups excluding carboxylic acids is 1. The second-order valence-corrected chi connectivity index (χ2v) is 6.92. The van der Waals surface area contributed by atoms with E-state index in [1.54, 1.807) is 0 Å². The van der Waals surface area contributed by atoms with E-state index in [1.807, 2.05) is 0 Å². The molecule has 0 bridgehead atoms. The molecule has 1 unspecified atom stereocenters. The fourth-order valence-corrected chi connectivity index (χ4v) is 2.85. The van der Waals surface area contributed by atoms with E-state index in [4.69, 9.17) is 4.74 Å². The van der Waals surface area contributed by atoms with Gasteiger partial charge in [-0.2, -0.15) is 0 Å². The highest BCUT2D eigenvalue weighted by Crippen LogP contribution is 2.12. The Balaban J connectivity index is 3.39. The van der Waals surface area contributed by atoms with Gasteiger partial charge in [-0.15, -0.1) is 0 Å². The molecule has 0 aliphatic heterocycles. The molecule has 0 aliphatic rings. The maximum Gasteiger partial charge on any atom is 0.119 e. The average Bonchev–Trinajstić information content (AvgIpc) is 2.54. The molecule has 0 aromatic heterocycles. The quantitative estimate of drug-likeness (QED) is 0.187. The first-order valence-electron chi connectivity index (χ1n) is 9.94. The lowest BCUT2D eigenvalue weighted by molar-refractivity contribution is -0.108. The molecule has 0 radical (unpaired) electrons. The van der Waals surface area contributed by atoms with Gasteiger partial charge in [0, 0.05) is 13.0 Å². The summed E-state index contributed by atoms with van der Waals surface area (Å²) in [7, 11) is 4.14. The van der Waals surface area contributed by atoms with Crippen LogP contribution in [0.2, 0.25) is 0 Å². The first-order valence-corrected chi connectivity index (χ1v) is 9.94. The van der Waals surface area contributed by atoms with Gasteiger partial charge in [-0.25, -0.2) is 0 Å². The second kappa shape index (κ2) is 17.9. The SMILES string of the molecule is CCCCCCCCCCCCOC(CCCCC=O)N(C)C. The van der Waals surface area contributed by atoms with Crippen LogP contribution in [0.15, 0.2) is 0 Å². The number of hydrogen-bond donors (Lipinski definition) is 0. The Morgan fingerprint density at radius 2 is 1.39 bits per heavy atom. The van der Waals surface area contributed by atoms with Crippen LogP contribution in [0, 0.1) is 0 Å². The van der Waals surface area contributed by atoms with Crippen molar-refractivity contribution in [2.45, 2.75) is 103 Å². The third-order valence-electron chi connectivity index (χ3n) is 4.41. The van der Waals surface area contributed by atoms with E-state index in [0.717, 1.165) is 32.2 Å². The number of aldehydes is 1. The van der Waals surface area contributed by atoms with Crippen LogP contribution in [0.1, 0.15) is 96.8 Å². The number of carbonyl (C=O) groups is 1. The molecule has 0 saturated heterocycles.